The Bertz CT molecular complexity index is 829. The Kier molecular flexibility index (Phi) is 11.3. The summed E-state index contributed by atoms with van der Waals surface area (Å²) in [6.45, 7) is 15.7. The van der Waals surface area contributed by atoms with Gasteiger partial charge in [0.05, 0.1) is 19.1 Å². The van der Waals surface area contributed by atoms with Gasteiger partial charge in [0.25, 0.3) is 0 Å². The van der Waals surface area contributed by atoms with Crippen molar-refractivity contribution < 1.29 is 29.3 Å². The zero-order chi connectivity index (χ0) is 26.2. The molecular weight excluding hydrogens is 434 g/mol. The number of nitrogens with two attached hydrogens (primary N) is 1. The molecule has 1 aromatic carbocycles. The molecule has 7 heteroatoms. The van der Waals surface area contributed by atoms with E-state index in [1.807, 2.05) is 12.1 Å². The third-order valence-corrected chi connectivity index (χ3v) is 6.28. The number of aliphatic hydroxyl groups is 1. The van der Waals surface area contributed by atoms with Gasteiger partial charge in [0.2, 0.25) is 6.10 Å². The number of esters is 1. The average molecular weight is 478 g/mol. The molecule has 1 aromatic rings. The number of aliphatic carboxylic acids is 1. The zero-order valence-corrected chi connectivity index (χ0v) is 21.7. The largest absolute Gasteiger partial charge is 0.481 e. The van der Waals surface area contributed by atoms with Gasteiger partial charge in [0.1, 0.15) is 5.75 Å². The number of hydrogen-bond donors (Lipinski definition) is 3. The molecule has 0 saturated heterocycles. The van der Waals surface area contributed by atoms with E-state index < -0.39 is 36.1 Å². The lowest BCUT2D eigenvalue weighted by Crippen LogP contribution is -2.39. The lowest BCUT2D eigenvalue weighted by Gasteiger charge is -2.29. The van der Waals surface area contributed by atoms with Crippen LogP contribution in [0.1, 0.15) is 65.5 Å². The van der Waals surface area contributed by atoms with Gasteiger partial charge in [0.15, 0.2) is 0 Å². The Labute approximate surface area is 204 Å². The molecule has 0 fully saturated rings. The van der Waals surface area contributed by atoms with Crippen molar-refractivity contribution in [2.75, 3.05) is 7.11 Å². The fourth-order valence-corrected chi connectivity index (χ4v) is 3.89. The molecule has 34 heavy (non-hydrogen) atoms. The molecule has 0 heterocycles. The molecule has 0 aliphatic heterocycles. The Balaban J connectivity index is 3.14. The van der Waals surface area contributed by atoms with Crippen molar-refractivity contribution in [2.45, 2.75) is 84.5 Å². The highest BCUT2D eigenvalue weighted by Gasteiger charge is 2.27. The highest BCUT2D eigenvalue weighted by atomic mass is 16.6. The highest BCUT2D eigenvalue weighted by Crippen LogP contribution is 2.34. The van der Waals surface area contributed by atoms with Crippen molar-refractivity contribution in [3.05, 3.63) is 42.0 Å². The number of carboxylic acids is 1. The topological polar surface area (TPSA) is 119 Å². The number of methoxy groups -OCH3 is 1. The van der Waals surface area contributed by atoms with E-state index in [1.54, 1.807) is 6.92 Å². The van der Waals surface area contributed by atoms with Gasteiger partial charge in [-0.2, -0.15) is 0 Å². The number of ether oxygens (including phenoxy) is 2. The maximum atomic E-state index is 12.1. The summed E-state index contributed by atoms with van der Waals surface area (Å²) in [6, 6.07) is 5.49. The SMILES string of the molecule is C=C[C@@H](Oc1cc(C[C@@H](C[C@H](N)[C@@H](O)CC(C)C(=O)O)C(C)C)ccc1C(C)(C)C)C(=O)OC. The molecule has 0 bridgehead atoms. The Morgan fingerprint density at radius 1 is 1.18 bits per heavy atom. The van der Waals surface area contributed by atoms with Gasteiger partial charge in [-0.1, -0.05) is 60.3 Å². The van der Waals surface area contributed by atoms with Crippen molar-refractivity contribution in [1.82, 2.24) is 0 Å². The highest BCUT2D eigenvalue weighted by molar-refractivity contribution is 5.77. The van der Waals surface area contributed by atoms with Crippen LogP contribution in [-0.4, -0.2) is 47.5 Å². The number of hydrogen-bond acceptors (Lipinski definition) is 6. The van der Waals surface area contributed by atoms with Crippen LogP contribution in [0.3, 0.4) is 0 Å². The number of carbonyl (C=O) groups is 2. The predicted octanol–water partition coefficient (Wildman–Crippen LogP) is 4.09. The Morgan fingerprint density at radius 3 is 2.26 bits per heavy atom. The summed E-state index contributed by atoms with van der Waals surface area (Å²) in [4.78, 5) is 23.2. The van der Waals surface area contributed by atoms with Crippen LogP contribution < -0.4 is 10.5 Å². The molecule has 4 N–H and O–H groups in total. The molecule has 192 valence electrons. The van der Waals surface area contributed by atoms with Gasteiger partial charge >= 0.3 is 11.9 Å². The zero-order valence-electron chi connectivity index (χ0n) is 21.7. The summed E-state index contributed by atoms with van der Waals surface area (Å²) < 4.78 is 10.9. The molecule has 1 rings (SSSR count). The van der Waals surface area contributed by atoms with Gasteiger partial charge in [-0.3, -0.25) is 4.79 Å². The van der Waals surface area contributed by atoms with E-state index in [4.69, 9.17) is 20.3 Å². The average Bonchev–Trinajstić information content (AvgIpc) is 2.75. The van der Waals surface area contributed by atoms with E-state index in [0.29, 0.717) is 18.6 Å². The Morgan fingerprint density at radius 2 is 1.79 bits per heavy atom. The molecule has 0 radical (unpaired) electrons. The second kappa shape index (κ2) is 12.9. The van der Waals surface area contributed by atoms with Gasteiger partial charge in [-0.15, -0.1) is 0 Å². The first-order chi connectivity index (χ1) is 15.7. The molecule has 0 amide bonds. The van der Waals surface area contributed by atoms with Crippen LogP contribution in [0, 0.1) is 17.8 Å². The first kappa shape index (κ1) is 29.7. The number of carbonyl (C=O) groups excluding carboxylic acids is 1. The number of benzene rings is 1. The molecule has 0 saturated carbocycles. The standard InChI is InChI=1S/C27H43NO6/c1-9-23(26(32)33-8)34-24-14-18(10-11-20(24)27(5,6)7)13-19(16(2)3)15-21(28)22(29)12-17(4)25(30)31/h9-11,14,16-17,19,21-23,29H,1,12-13,15,28H2,2-8H3,(H,30,31)/t17?,19-,21-,22-,23+/m0/s1. The molecule has 0 aliphatic rings. The van der Waals surface area contributed by atoms with E-state index in [-0.39, 0.29) is 23.7 Å². The van der Waals surface area contributed by atoms with E-state index in [2.05, 4.69) is 47.3 Å². The van der Waals surface area contributed by atoms with Crippen LogP contribution >= 0.6 is 0 Å². The van der Waals surface area contributed by atoms with Gasteiger partial charge < -0.3 is 25.4 Å². The second-order valence-corrected chi connectivity index (χ2v) is 10.5. The van der Waals surface area contributed by atoms with E-state index >= 15 is 0 Å². The summed E-state index contributed by atoms with van der Waals surface area (Å²) in [7, 11) is 1.31. The monoisotopic (exact) mass is 477 g/mol. The molecular formula is C27H43NO6. The lowest BCUT2D eigenvalue weighted by molar-refractivity contribution is -0.146. The normalized spacial score (nSPS) is 16.3. The van der Waals surface area contributed by atoms with E-state index in [9.17, 15) is 14.7 Å². The molecule has 5 atom stereocenters. The molecule has 7 nitrogen and oxygen atoms in total. The summed E-state index contributed by atoms with van der Waals surface area (Å²) in [5, 5.41) is 19.6. The third kappa shape index (κ3) is 8.76. The summed E-state index contributed by atoms with van der Waals surface area (Å²) in [6.07, 6.45) is 0.991. The van der Waals surface area contributed by atoms with Crippen LogP contribution in [0.25, 0.3) is 0 Å². The smallest absolute Gasteiger partial charge is 0.351 e. The molecule has 0 spiro atoms. The van der Waals surface area contributed by atoms with Crippen LogP contribution in [0.5, 0.6) is 5.75 Å². The maximum absolute atomic E-state index is 12.1. The first-order valence-corrected chi connectivity index (χ1v) is 11.9. The van der Waals surface area contributed by atoms with Crippen LogP contribution in [-0.2, 0) is 26.2 Å². The van der Waals surface area contributed by atoms with Gasteiger partial charge in [0, 0.05) is 6.04 Å². The minimum absolute atomic E-state index is 0.121. The molecule has 1 unspecified atom stereocenters. The second-order valence-electron chi connectivity index (χ2n) is 10.5. The molecule has 0 aliphatic carbocycles. The number of carboxylic acid groups (broad SMARTS) is 1. The summed E-state index contributed by atoms with van der Waals surface area (Å²) in [5.74, 6) is -1.07. The number of rotatable bonds is 13. The van der Waals surface area contributed by atoms with Crippen molar-refractivity contribution >= 4 is 11.9 Å². The van der Waals surface area contributed by atoms with E-state index in [0.717, 1.165) is 11.1 Å². The first-order valence-electron chi connectivity index (χ1n) is 11.9. The summed E-state index contributed by atoms with van der Waals surface area (Å²) >= 11 is 0. The fourth-order valence-electron chi connectivity index (χ4n) is 3.89. The van der Waals surface area contributed by atoms with E-state index in [1.165, 1.54) is 13.2 Å². The number of aliphatic hydroxyl groups excluding tert-OH is 1. The lowest BCUT2D eigenvalue weighted by atomic mass is 9.81. The van der Waals surface area contributed by atoms with Crippen LogP contribution in [0.15, 0.2) is 30.9 Å². The molecule has 0 aromatic heterocycles. The van der Waals surface area contributed by atoms with Crippen LogP contribution in [0.2, 0.25) is 0 Å². The van der Waals surface area contributed by atoms with Gasteiger partial charge in [-0.25, -0.2) is 4.79 Å². The van der Waals surface area contributed by atoms with Crippen molar-refractivity contribution in [3.63, 3.8) is 0 Å². The predicted molar refractivity (Wildman–Crippen MR) is 134 cm³/mol. The van der Waals surface area contributed by atoms with Crippen molar-refractivity contribution in [1.29, 1.82) is 0 Å². The minimum Gasteiger partial charge on any atom is -0.481 e. The maximum Gasteiger partial charge on any atom is 0.351 e. The quantitative estimate of drug-likeness (QED) is 0.289. The van der Waals surface area contributed by atoms with Crippen LogP contribution in [0.4, 0.5) is 0 Å². The summed E-state index contributed by atoms with van der Waals surface area (Å²) in [5.41, 5.74) is 8.05. The third-order valence-electron chi connectivity index (χ3n) is 6.28. The van der Waals surface area contributed by atoms with Gasteiger partial charge in [-0.05, 0) is 59.8 Å². The van der Waals surface area contributed by atoms with Crippen molar-refractivity contribution in [3.8, 4) is 5.75 Å². The van der Waals surface area contributed by atoms with Crippen molar-refractivity contribution in [2.24, 2.45) is 23.5 Å². The fraction of sp³-hybridized carbons (Fsp3) is 0.630. The Hall–Kier alpha value is -2.38. The minimum atomic E-state index is -0.942.